The molecule has 2 heteroatoms. The van der Waals surface area contributed by atoms with Gasteiger partial charge in [0.1, 0.15) is 5.78 Å². The number of hydrogen-bond acceptors (Lipinski definition) is 2. The topological polar surface area (TPSA) is 34.1 Å². The Balaban J connectivity index is 1.79. The molecule has 0 N–H and O–H groups in total. The van der Waals surface area contributed by atoms with Crippen LogP contribution in [0.2, 0.25) is 0 Å². The minimum absolute atomic E-state index is 0.0550. The van der Waals surface area contributed by atoms with Gasteiger partial charge in [-0.1, -0.05) is 51.0 Å². The third-order valence-corrected chi connectivity index (χ3v) is 9.02. The summed E-state index contributed by atoms with van der Waals surface area (Å²) in [5, 5.41) is 0. The first kappa shape index (κ1) is 17.9. The second kappa shape index (κ2) is 5.53. The molecular formula is C24H32O2. The van der Waals surface area contributed by atoms with Gasteiger partial charge < -0.3 is 0 Å². The summed E-state index contributed by atoms with van der Waals surface area (Å²) in [6, 6.07) is 0. The van der Waals surface area contributed by atoms with Gasteiger partial charge in [0, 0.05) is 17.3 Å². The Kier molecular flexibility index (Phi) is 3.82. The molecule has 6 atom stereocenters. The molecule has 0 radical (unpaired) electrons. The van der Waals surface area contributed by atoms with Gasteiger partial charge in [0.05, 0.1) is 0 Å². The van der Waals surface area contributed by atoms with Crippen molar-refractivity contribution >= 4 is 11.6 Å². The maximum atomic E-state index is 13.0. The molecule has 0 spiro atoms. The molecule has 0 bridgehead atoms. The molecule has 0 aromatic rings. The van der Waals surface area contributed by atoms with E-state index in [1.807, 2.05) is 13.0 Å². The number of carbonyl (C=O) groups excluding carboxylic acids is 2. The van der Waals surface area contributed by atoms with Crippen LogP contribution in [0.1, 0.15) is 66.7 Å². The fraction of sp³-hybridized carbons (Fsp3) is 0.667. The standard InChI is InChI=1S/C24H32O2/c1-6-21(26)24(5)15(2)13-20-18-8-7-16-14-17(25)9-11-22(16,3)19(18)10-12-23(20,24)4/h9-11,14-15,18,20H,6-8,12-13H2,1-5H3/t15-,18-,20+,22+,23+,24-/m1/s1. The van der Waals surface area contributed by atoms with Crippen LogP contribution in [0.5, 0.6) is 0 Å². The van der Waals surface area contributed by atoms with E-state index in [1.165, 1.54) is 11.1 Å². The molecule has 140 valence electrons. The molecule has 0 unspecified atom stereocenters. The van der Waals surface area contributed by atoms with E-state index in [4.69, 9.17) is 0 Å². The van der Waals surface area contributed by atoms with Crippen LogP contribution in [0.15, 0.2) is 35.5 Å². The van der Waals surface area contributed by atoms with Gasteiger partial charge in [-0.15, -0.1) is 0 Å². The lowest BCUT2D eigenvalue weighted by atomic mass is 9.49. The Bertz CT molecular complexity index is 769. The normalized spacial score (nSPS) is 46.8. The number of Topliss-reactive ketones (excluding diaryl/α,β-unsaturated/α-hetero) is 1. The minimum Gasteiger partial charge on any atom is -0.299 e. The summed E-state index contributed by atoms with van der Waals surface area (Å²) in [5.41, 5.74) is 2.55. The van der Waals surface area contributed by atoms with Crippen LogP contribution in [0, 0.1) is 34.0 Å². The molecule has 4 rings (SSSR count). The second-order valence-electron chi connectivity index (χ2n) is 9.76. The van der Waals surface area contributed by atoms with E-state index in [1.54, 1.807) is 6.08 Å². The third-order valence-electron chi connectivity index (χ3n) is 9.02. The van der Waals surface area contributed by atoms with Crippen molar-refractivity contribution in [2.24, 2.45) is 34.0 Å². The highest BCUT2D eigenvalue weighted by molar-refractivity contribution is 6.01. The average Bonchev–Trinajstić information content (AvgIpc) is 2.83. The molecule has 0 amide bonds. The van der Waals surface area contributed by atoms with Gasteiger partial charge in [0.15, 0.2) is 5.78 Å². The van der Waals surface area contributed by atoms with E-state index in [2.05, 4.69) is 39.8 Å². The van der Waals surface area contributed by atoms with Crippen molar-refractivity contribution in [2.45, 2.75) is 66.7 Å². The highest BCUT2D eigenvalue weighted by Gasteiger charge is 2.64. The van der Waals surface area contributed by atoms with Crippen LogP contribution in [0.4, 0.5) is 0 Å². The molecule has 0 aliphatic heterocycles. The van der Waals surface area contributed by atoms with E-state index in [9.17, 15) is 9.59 Å². The molecule has 0 heterocycles. The fourth-order valence-corrected chi connectivity index (χ4v) is 7.05. The number of rotatable bonds is 2. The molecule has 26 heavy (non-hydrogen) atoms. The first-order chi connectivity index (χ1) is 12.2. The Labute approximate surface area is 157 Å². The number of ketones is 2. The predicted octanol–water partition coefficient (Wildman–Crippen LogP) is 5.45. The monoisotopic (exact) mass is 352 g/mol. The summed E-state index contributed by atoms with van der Waals surface area (Å²) in [5.74, 6) is 2.13. The third kappa shape index (κ3) is 1.99. The van der Waals surface area contributed by atoms with E-state index in [0.717, 1.165) is 25.7 Å². The van der Waals surface area contributed by atoms with Crippen molar-refractivity contribution in [1.29, 1.82) is 0 Å². The highest BCUT2D eigenvalue weighted by Crippen LogP contribution is 2.69. The van der Waals surface area contributed by atoms with Gasteiger partial charge in [0.2, 0.25) is 0 Å². The summed E-state index contributed by atoms with van der Waals surface area (Å²) in [6.07, 6.45) is 13.1. The Morgan fingerprint density at radius 2 is 2.00 bits per heavy atom. The Hall–Kier alpha value is -1.44. The van der Waals surface area contributed by atoms with Crippen LogP contribution in [0.3, 0.4) is 0 Å². The molecule has 2 saturated carbocycles. The first-order valence-electron chi connectivity index (χ1n) is 10.4. The molecule has 0 saturated heterocycles. The fourth-order valence-electron chi connectivity index (χ4n) is 7.05. The van der Waals surface area contributed by atoms with E-state index >= 15 is 0 Å². The van der Waals surface area contributed by atoms with Gasteiger partial charge in [0.25, 0.3) is 0 Å². The zero-order chi connectivity index (χ0) is 18.9. The van der Waals surface area contributed by atoms with Crippen LogP contribution < -0.4 is 0 Å². The van der Waals surface area contributed by atoms with E-state index in [-0.39, 0.29) is 22.0 Å². The van der Waals surface area contributed by atoms with Crippen LogP contribution >= 0.6 is 0 Å². The second-order valence-corrected chi connectivity index (χ2v) is 9.76. The summed E-state index contributed by atoms with van der Waals surface area (Å²) < 4.78 is 0. The maximum absolute atomic E-state index is 13.0. The minimum atomic E-state index is -0.218. The molecule has 0 aromatic carbocycles. The van der Waals surface area contributed by atoms with E-state index < -0.39 is 0 Å². The summed E-state index contributed by atoms with van der Waals surface area (Å²) in [6.45, 7) is 11.2. The van der Waals surface area contributed by atoms with Gasteiger partial charge >= 0.3 is 0 Å². The molecule has 2 nitrogen and oxygen atoms in total. The lowest BCUT2D eigenvalue weighted by Crippen LogP contribution is -2.49. The number of fused-ring (bicyclic) bond motifs is 5. The maximum Gasteiger partial charge on any atom is 0.178 e. The van der Waals surface area contributed by atoms with E-state index in [0.29, 0.717) is 30.0 Å². The first-order valence-corrected chi connectivity index (χ1v) is 10.4. The number of allylic oxidation sites excluding steroid dienone is 6. The van der Waals surface area contributed by atoms with Crippen molar-refractivity contribution < 1.29 is 9.59 Å². The number of carbonyl (C=O) groups is 2. The molecule has 4 aliphatic carbocycles. The predicted molar refractivity (Wildman–Crippen MR) is 105 cm³/mol. The van der Waals surface area contributed by atoms with Gasteiger partial charge in [-0.25, -0.2) is 0 Å². The van der Waals surface area contributed by atoms with Gasteiger partial charge in [-0.2, -0.15) is 0 Å². The molecular weight excluding hydrogens is 320 g/mol. The largest absolute Gasteiger partial charge is 0.299 e. The van der Waals surface area contributed by atoms with Crippen molar-refractivity contribution in [1.82, 2.24) is 0 Å². The van der Waals surface area contributed by atoms with Crippen molar-refractivity contribution in [2.75, 3.05) is 0 Å². The van der Waals surface area contributed by atoms with Crippen molar-refractivity contribution in [3.63, 3.8) is 0 Å². The Morgan fingerprint density at radius 3 is 2.69 bits per heavy atom. The Morgan fingerprint density at radius 1 is 1.27 bits per heavy atom. The van der Waals surface area contributed by atoms with Crippen molar-refractivity contribution in [3.8, 4) is 0 Å². The van der Waals surface area contributed by atoms with Gasteiger partial charge in [-0.05, 0) is 67.9 Å². The van der Waals surface area contributed by atoms with Crippen LogP contribution in [-0.2, 0) is 9.59 Å². The highest BCUT2D eigenvalue weighted by atomic mass is 16.1. The molecule has 2 fully saturated rings. The lowest BCUT2D eigenvalue weighted by molar-refractivity contribution is -0.137. The van der Waals surface area contributed by atoms with Crippen molar-refractivity contribution in [3.05, 3.63) is 35.5 Å². The molecule has 0 aromatic heterocycles. The lowest BCUT2D eigenvalue weighted by Gasteiger charge is -2.54. The zero-order valence-corrected chi connectivity index (χ0v) is 16.9. The quantitative estimate of drug-likeness (QED) is 0.620. The smallest absolute Gasteiger partial charge is 0.178 e. The van der Waals surface area contributed by atoms with Crippen LogP contribution in [-0.4, -0.2) is 11.6 Å². The molecule has 4 aliphatic rings. The summed E-state index contributed by atoms with van der Waals surface area (Å²) in [7, 11) is 0. The zero-order valence-electron chi connectivity index (χ0n) is 16.9. The van der Waals surface area contributed by atoms with Gasteiger partial charge in [-0.3, -0.25) is 9.59 Å². The number of hydrogen-bond donors (Lipinski definition) is 0. The summed E-state index contributed by atoms with van der Waals surface area (Å²) >= 11 is 0. The average molecular weight is 353 g/mol. The van der Waals surface area contributed by atoms with Crippen LogP contribution in [0.25, 0.3) is 0 Å². The SMILES string of the molecule is CCC(=O)[C@@]1(C)[C@H](C)C[C@H]2[C@@H]3CCC4=CC(=O)C=C[C@]4(C)C3=CC[C@@]21C. The summed E-state index contributed by atoms with van der Waals surface area (Å²) in [4.78, 5) is 24.9.